The van der Waals surface area contributed by atoms with Crippen LogP contribution < -0.4 is 10.2 Å². The Morgan fingerprint density at radius 1 is 1.24 bits per heavy atom. The molecule has 0 radical (unpaired) electrons. The lowest BCUT2D eigenvalue weighted by Gasteiger charge is -2.25. The standard InChI is InChI=1S/C19H18BrN3O2/c20-15-5-4-6-16(12-15)22-19(24)14(13-21)11-17-7-8-18(25-17)23-9-2-1-3-10-23/h4-8,11-12H,1-3,9-10H2,(H,22,24). The van der Waals surface area contributed by atoms with Crippen molar-refractivity contribution in [2.75, 3.05) is 23.3 Å². The van der Waals surface area contributed by atoms with Gasteiger partial charge in [-0.2, -0.15) is 5.26 Å². The molecule has 0 aliphatic carbocycles. The molecule has 2 aromatic rings. The Bertz CT molecular complexity index is 829. The summed E-state index contributed by atoms with van der Waals surface area (Å²) in [5, 5.41) is 12.0. The summed E-state index contributed by atoms with van der Waals surface area (Å²) in [6, 6.07) is 12.8. The molecule has 1 aliphatic rings. The number of hydrogen-bond acceptors (Lipinski definition) is 4. The maximum absolute atomic E-state index is 12.3. The van der Waals surface area contributed by atoms with Gasteiger partial charge in [-0.05, 0) is 43.5 Å². The molecule has 1 N–H and O–H groups in total. The highest BCUT2D eigenvalue weighted by Gasteiger charge is 2.15. The zero-order chi connectivity index (χ0) is 17.6. The Kier molecular flexibility index (Phi) is 5.56. The molecule has 2 heterocycles. The summed E-state index contributed by atoms with van der Waals surface area (Å²) < 4.78 is 6.64. The zero-order valence-electron chi connectivity index (χ0n) is 13.7. The van der Waals surface area contributed by atoms with Crippen molar-refractivity contribution in [3.05, 3.63) is 52.2 Å². The highest BCUT2D eigenvalue weighted by Crippen LogP contribution is 2.24. The third kappa shape index (κ3) is 4.52. The second-order valence-electron chi connectivity index (χ2n) is 5.86. The average Bonchev–Trinajstić information content (AvgIpc) is 3.09. The van der Waals surface area contributed by atoms with E-state index in [0.29, 0.717) is 11.4 Å². The van der Waals surface area contributed by atoms with Crippen LogP contribution in [0.1, 0.15) is 25.0 Å². The lowest BCUT2D eigenvalue weighted by Crippen LogP contribution is -2.28. The Morgan fingerprint density at radius 2 is 2.04 bits per heavy atom. The van der Waals surface area contributed by atoms with Crippen molar-refractivity contribution in [3.8, 4) is 6.07 Å². The maximum Gasteiger partial charge on any atom is 0.266 e. The minimum Gasteiger partial charge on any atom is -0.441 e. The fraction of sp³-hybridized carbons (Fsp3) is 0.263. The van der Waals surface area contributed by atoms with Crippen LogP contribution in [-0.2, 0) is 4.79 Å². The van der Waals surface area contributed by atoms with Gasteiger partial charge in [0.25, 0.3) is 5.91 Å². The minimum absolute atomic E-state index is 0.000445. The predicted octanol–water partition coefficient (Wildman–Crippen LogP) is 4.58. The second-order valence-corrected chi connectivity index (χ2v) is 6.77. The molecule has 0 bridgehead atoms. The Hall–Kier alpha value is -2.52. The number of nitriles is 1. The van der Waals surface area contributed by atoms with Crippen molar-refractivity contribution in [1.82, 2.24) is 0 Å². The lowest BCUT2D eigenvalue weighted by molar-refractivity contribution is -0.112. The van der Waals surface area contributed by atoms with E-state index in [4.69, 9.17) is 4.42 Å². The summed E-state index contributed by atoms with van der Waals surface area (Å²) in [4.78, 5) is 14.5. The average molecular weight is 400 g/mol. The first kappa shape index (κ1) is 17.3. The molecule has 0 atom stereocenters. The van der Waals surface area contributed by atoms with E-state index in [9.17, 15) is 10.1 Å². The molecule has 1 amide bonds. The van der Waals surface area contributed by atoms with Gasteiger partial charge >= 0.3 is 0 Å². The van der Waals surface area contributed by atoms with Crippen molar-refractivity contribution in [3.63, 3.8) is 0 Å². The van der Waals surface area contributed by atoms with Gasteiger partial charge in [-0.15, -0.1) is 0 Å². The molecule has 3 rings (SSSR count). The molecule has 1 aliphatic heterocycles. The van der Waals surface area contributed by atoms with E-state index >= 15 is 0 Å². The van der Waals surface area contributed by atoms with Crippen LogP contribution in [0.4, 0.5) is 11.6 Å². The van der Waals surface area contributed by atoms with Crippen LogP contribution in [0.25, 0.3) is 6.08 Å². The Labute approximate surface area is 155 Å². The van der Waals surface area contributed by atoms with E-state index in [1.165, 1.54) is 12.5 Å². The van der Waals surface area contributed by atoms with Crippen molar-refractivity contribution < 1.29 is 9.21 Å². The molecule has 0 spiro atoms. The monoisotopic (exact) mass is 399 g/mol. The summed E-state index contributed by atoms with van der Waals surface area (Å²) in [6.07, 6.45) is 5.04. The topological polar surface area (TPSA) is 69.3 Å². The SMILES string of the molecule is N#CC(=Cc1ccc(N2CCCCC2)o1)C(=O)Nc1cccc(Br)c1. The van der Waals surface area contributed by atoms with Crippen LogP contribution >= 0.6 is 15.9 Å². The predicted molar refractivity (Wildman–Crippen MR) is 101 cm³/mol. The van der Waals surface area contributed by atoms with E-state index in [2.05, 4.69) is 26.1 Å². The van der Waals surface area contributed by atoms with Crippen molar-refractivity contribution in [1.29, 1.82) is 5.26 Å². The molecular formula is C19H18BrN3O2. The summed E-state index contributed by atoms with van der Waals surface area (Å²) in [6.45, 7) is 1.95. The molecule has 1 aromatic carbocycles. The number of carbonyl (C=O) groups excluding carboxylic acids is 1. The number of hydrogen-bond donors (Lipinski definition) is 1. The highest BCUT2D eigenvalue weighted by atomic mass is 79.9. The Morgan fingerprint density at radius 3 is 2.76 bits per heavy atom. The number of halogens is 1. The molecule has 0 unspecified atom stereocenters. The number of furan rings is 1. The molecule has 6 heteroatoms. The summed E-state index contributed by atoms with van der Waals surface area (Å²) >= 11 is 3.35. The largest absolute Gasteiger partial charge is 0.441 e. The van der Waals surface area contributed by atoms with Crippen molar-refractivity contribution in [2.24, 2.45) is 0 Å². The third-order valence-corrected chi connectivity index (χ3v) is 4.51. The fourth-order valence-corrected chi connectivity index (χ4v) is 3.16. The summed E-state index contributed by atoms with van der Waals surface area (Å²) in [7, 11) is 0. The first-order chi connectivity index (χ1) is 12.2. The number of benzene rings is 1. The van der Waals surface area contributed by atoms with Gasteiger partial charge in [0.15, 0.2) is 5.88 Å². The lowest BCUT2D eigenvalue weighted by atomic mass is 10.1. The van der Waals surface area contributed by atoms with Gasteiger partial charge in [0, 0.05) is 35.4 Å². The molecule has 5 nitrogen and oxygen atoms in total. The molecule has 0 saturated carbocycles. The fourth-order valence-electron chi connectivity index (χ4n) is 2.76. The number of nitrogens with zero attached hydrogens (tertiary/aromatic N) is 2. The van der Waals surface area contributed by atoms with E-state index in [-0.39, 0.29) is 5.57 Å². The van der Waals surface area contributed by atoms with Gasteiger partial charge in [-0.25, -0.2) is 0 Å². The van der Waals surface area contributed by atoms with E-state index in [1.54, 1.807) is 18.2 Å². The normalized spacial score (nSPS) is 14.9. The Balaban J connectivity index is 1.72. The van der Waals surface area contributed by atoms with Crippen molar-refractivity contribution in [2.45, 2.75) is 19.3 Å². The van der Waals surface area contributed by atoms with Crippen molar-refractivity contribution >= 4 is 39.5 Å². The van der Waals surface area contributed by atoms with Gasteiger partial charge in [0.1, 0.15) is 17.4 Å². The molecular weight excluding hydrogens is 382 g/mol. The van der Waals surface area contributed by atoms with Crippen LogP contribution in [0.5, 0.6) is 0 Å². The highest BCUT2D eigenvalue weighted by molar-refractivity contribution is 9.10. The summed E-state index contributed by atoms with van der Waals surface area (Å²) in [5.41, 5.74) is 0.619. The first-order valence-electron chi connectivity index (χ1n) is 8.19. The van der Waals surface area contributed by atoms with Crippen LogP contribution in [0.2, 0.25) is 0 Å². The number of carbonyl (C=O) groups is 1. The molecule has 1 fully saturated rings. The zero-order valence-corrected chi connectivity index (χ0v) is 15.3. The summed E-state index contributed by atoms with van der Waals surface area (Å²) in [5.74, 6) is 0.827. The van der Waals surface area contributed by atoms with Gasteiger partial charge in [0.05, 0.1) is 0 Å². The van der Waals surface area contributed by atoms with E-state index < -0.39 is 5.91 Å². The number of rotatable bonds is 4. The minimum atomic E-state index is -0.462. The molecule has 1 saturated heterocycles. The van der Waals surface area contributed by atoms with Crippen LogP contribution in [0, 0.1) is 11.3 Å². The number of amides is 1. The molecule has 25 heavy (non-hydrogen) atoms. The molecule has 1 aromatic heterocycles. The quantitative estimate of drug-likeness (QED) is 0.603. The molecule has 128 valence electrons. The van der Waals surface area contributed by atoms with Gasteiger partial charge in [0.2, 0.25) is 0 Å². The van der Waals surface area contributed by atoms with Crippen LogP contribution in [0.3, 0.4) is 0 Å². The number of nitrogens with one attached hydrogen (secondary N) is 1. The van der Waals surface area contributed by atoms with Gasteiger partial charge < -0.3 is 14.6 Å². The van der Waals surface area contributed by atoms with Gasteiger partial charge in [-0.3, -0.25) is 4.79 Å². The maximum atomic E-state index is 12.3. The van der Waals surface area contributed by atoms with E-state index in [0.717, 1.165) is 36.3 Å². The second kappa shape index (κ2) is 8.04. The number of anilines is 2. The smallest absolute Gasteiger partial charge is 0.266 e. The van der Waals surface area contributed by atoms with Crippen LogP contribution in [-0.4, -0.2) is 19.0 Å². The van der Waals surface area contributed by atoms with E-state index in [1.807, 2.05) is 24.3 Å². The van der Waals surface area contributed by atoms with Gasteiger partial charge in [-0.1, -0.05) is 22.0 Å². The first-order valence-corrected chi connectivity index (χ1v) is 8.98. The third-order valence-electron chi connectivity index (χ3n) is 4.01. The number of piperidine rings is 1. The van der Waals surface area contributed by atoms with Crippen LogP contribution in [0.15, 0.2) is 50.9 Å².